The lowest BCUT2D eigenvalue weighted by molar-refractivity contribution is -0.133. The number of nitrogens with zero attached hydrogens (tertiary/aromatic N) is 1. The molecule has 1 aromatic rings. The number of carbonyl (C=O) groups excluding carboxylic acids is 1. The lowest BCUT2D eigenvalue weighted by Gasteiger charge is -2.12. The Bertz CT molecular complexity index is 408. The molecule has 0 aliphatic heterocycles. The Balaban J connectivity index is 3.22. The number of hydrogen-bond acceptors (Lipinski definition) is 3. The van der Waals surface area contributed by atoms with E-state index < -0.39 is 0 Å². The lowest BCUT2D eigenvalue weighted by atomic mass is 10.0. The summed E-state index contributed by atoms with van der Waals surface area (Å²) in [5.74, 6) is -0.317. The van der Waals surface area contributed by atoms with Crippen LogP contribution >= 0.6 is 0 Å². The predicted octanol–water partition coefficient (Wildman–Crippen LogP) is 2.07. The summed E-state index contributed by atoms with van der Waals surface area (Å²) in [5.41, 5.74) is 2.54. The highest BCUT2D eigenvalue weighted by Gasteiger charge is 2.14. The van der Waals surface area contributed by atoms with E-state index in [9.17, 15) is 4.79 Å². The van der Waals surface area contributed by atoms with E-state index in [1.165, 1.54) is 7.11 Å². The van der Waals surface area contributed by atoms with Crippen molar-refractivity contribution in [3.05, 3.63) is 41.6 Å². The molecule has 3 heteroatoms. The van der Waals surface area contributed by atoms with Crippen LogP contribution in [0, 0.1) is 6.92 Å². The smallest absolute Gasteiger partial charge is 0.339 e. The number of aryl methyl sites for hydroxylation is 1. The summed E-state index contributed by atoms with van der Waals surface area (Å²) >= 11 is 0. The van der Waals surface area contributed by atoms with Crippen molar-refractivity contribution >= 4 is 11.5 Å². The van der Waals surface area contributed by atoms with Gasteiger partial charge in [0.2, 0.25) is 0 Å². The molecule has 0 heterocycles. The third-order valence-electron chi connectivity index (χ3n) is 2.23. The standard InChI is InChI=1S/C13H17NO2/c1-10-7-5-6-8-11(10)12(9-14(2)3)13(15)16-4/h5-9H,1-4H3/b12-9+. The molecule has 0 N–H and O–H groups in total. The summed E-state index contributed by atoms with van der Waals surface area (Å²) in [6.45, 7) is 1.97. The maximum atomic E-state index is 11.7. The molecule has 0 radical (unpaired) electrons. The molecular formula is C13H17NO2. The van der Waals surface area contributed by atoms with Crippen LogP contribution in [0.5, 0.6) is 0 Å². The Morgan fingerprint density at radius 3 is 2.44 bits per heavy atom. The lowest BCUT2D eigenvalue weighted by Crippen LogP contribution is -2.10. The van der Waals surface area contributed by atoms with Gasteiger partial charge in [0.25, 0.3) is 0 Å². The second-order valence-corrected chi connectivity index (χ2v) is 3.81. The SMILES string of the molecule is COC(=O)/C(=C/N(C)C)c1ccccc1C. The van der Waals surface area contributed by atoms with Crippen molar-refractivity contribution < 1.29 is 9.53 Å². The van der Waals surface area contributed by atoms with Gasteiger partial charge in [-0.3, -0.25) is 0 Å². The predicted molar refractivity (Wildman–Crippen MR) is 64.9 cm³/mol. The van der Waals surface area contributed by atoms with Gasteiger partial charge in [-0.15, -0.1) is 0 Å². The van der Waals surface area contributed by atoms with Crippen molar-refractivity contribution in [2.45, 2.75) is 6.92 Å². The highest BCUT2D eigenvalue weighted by atomic mass is 16.5. The second kappa shape index (κ2) is 5.35. The molecule has 0 bridgehead atoms. The molecule has 0 unspecified atom stereocenters. The van der Waals surface area contributed by atoms with Crippen LogP contribution in [0.4, 0.5) is 0 Å². The van der Waals surface area contributed by atoms with Crippen LogP contribution in [0.15, 0.2) is 30.5 Å². The summed E-state index contributed by atoms with van der Waals surface area (Å²) in [6, 6.07) is 7.75. The monoisotopic (exact) mass is 219 g/mol. The summed E-state index contributed by atoms with van der Waals surface area (Å²) in [4.78, 5) is 13.5. The molecule has 0 aliphatic rings. The summed E-state index contributed by atoms with van der Waals surface area (Å²) in [6.07, 6.45) is 1.77. The molecule has 0 aromatic heterocycles. The van der Waals surface area contributed by atoms with E-state index >= 15 is 0 Å². The summed E-state index contributed by atoms with van der Waals surface area (Å²) in [5, 5.41) is 0. The van der Waals surface area contributed by atoms with Gasteiger partial charge in [-0.25, -0.2) is 4.79 Å². The highest BCUT2D eigenvalue weighted by Crippen LogP contribution is 2.20. The normalized spacial score (nSPS) is 11.1. The first-order chi connectivity index (χ1) is 7.56. The largest absolute Gasteiger partial charge is 0.465 e. The van der Waals surface area contributed by atoms with Gasteiger partial charge in [-0.1, -0.05) is 24.3 Å². The molecule has 0 saturated carbocycles. The van der Waals surface area contributed by atoms with Crippen molar-refractivity contribution in [3.8, 4) is 0 Å². The van der Waals surface area contributed by atoms with Crippen LogP contribution in [-0.2, 0) is 9.53 Å². The fourth-order valence-corrected chi connectivity index (χ4v) is 1.48. The van der Waals surface area contributed by atoms with Crippen molar-refractivity contribution in [1.82, 2.24) is 4.90 Å². The third-order valence-corrected chi connectivity index (χ3v) is 2.23. The fourth-order valence-electron chi connectivity index (χ4n) is 1.48. The quantitative estimate of drug-likeness (QED) is 0.575. The van der Waals surface area contributed by atoms with Crippen LogP contribution in [0.3, 0.4) is 0 Å². The number of rotatable bonds is 3. The van der Waals surface area contributed by atoms with Gasteiger partial charge in [-0.05, 0) is 18.1 Å². The first kappa shape index (κ1) is 12.3. The molecule has 0 fully saturated rings. The first-order valence-electron chi connectivity index (χ1n) is 5.09. The minimum atomic E-state index is -0.317. The maximum Gasteiger partial charge on any atom is 0.339 e. The van der Waals surface area contributed by atoms with Crippen molar-refractivity contribution in [3.63, 3.8) is 0 Å². The molecule has 0 amide bonds. The van der Waals surface area contributed by atoms with Crippen LogP contribution in [0.25, 0.3) is 5.57 Å². The Morgan fingerprint density at radius 1 is 1.31 bits per heavy atom. The Morgan fingerprint density at radius 2 is 1.94 bits per heavy atom. The van der Waals surface area contributed by atoms with Crippen LogP contribution in [-0.4, -0.2) is 32.1 Å². The topological polar surface area (TPSA) is 29.5 Å². The third kappa shape index (κ3) is 2.86. The van der Waals surface area contributed by atoms with Gasteiger partial charge in [-0.2, -0.15) is 0 Å². The molecule has 0 atom stereocenters. The van der Waals surface area contributed by atoms with Crippen LogP contribution in [0.2, 0.25) is 0 Å². The van der Waals surface area contributed by atoms with E-state index in [1.54, 1.807) is 6.20 Å². The first-order valence-corrected chi connectivity index (χ1v) is 5.09. The van der Waals surface area contributed by atoms with Gasteiger partial charge in [0.05, 0.1) is 12.7 Å². The molecule has 1 aromatic carbocycles. The zero-order chi connectivity index (χ0) is 12.1. The number of esters is 1. The Labute approximate surface area is 96.3 Å². The second-order valence-electron chi connectivity index (χ2n) is 3.81. The minimum Gasteiger partial charge on any atom is -0.465 e. The molecule has 3 nitrogen and oxygen atoms in total. The molecule has 16 heavy (non-hydrogen) atoms. The van der Waals surface area contributed by atoms with Crippen molar-refractivity contribution in [1.29, 1.82) is 0 Å². The minimum absolute atomic E-state index is 0.317. The van der Waals surface area contributed by atoms with E-state index in [0.717, 1.165) is 11.1 Å². The van der Waals surface area contributed by atoms with Gasteiger partial charge < -0.3 is 9.64 Å². The van der Waals surface area contributed by atoms with Gasteiger partial charge in [0.15, 0.2) is 0 Å². The number of ether oxygens (including phenoxy) is 1. The van der Waals surface area contributed by atoms with E-state index in [1.807, 2.05) is 50.2 Å². The number of methoxy groups -OCH3 is 1. The molecule has 0 spiro atoms. The molecule has 86 valence electrons. The van der Waals surface area contributed by atoms with E-state index in [0.29, 0.717) is 5.57 Å². The van der Waals surface area contributed by atoms with Crippen molar-refractivity contribution in [2.75, 3.05) is 21.2 Å². The van der Waals surface area contributed by atoms with Gasteiger partial charge in [0.1, 0.15) is 0 Å². The van der Waals surface area contributed by atoms with Gasteiger partial charge in [0, 0.05) is 20.3 Å². The van der Waals surface area contributed by atoms with Gasteiger partial charge >= 0.3 is 5.97 Å². The maximum absolute atomic E-state index is 11.7. The zero-order valence-corrected chi connectivity index (χ0v) is 10.2. The number of benzene rings is 1. The molecular weight excluding hydrogens is 202 g/mol. The van der Waals surface area contributed by atoms with E-state index in [-0.39, 0.29) is 5.97 Å². The summed E-state index contributed by atoms with van der Waals surface area (Å²) < 4.78 is 4.79. The molecule has 0 saturated heterocycles. The fraction of sp³-hybridized carbons (Fsp3) is 0.308. The average molecular weight is 219 g/mol. The van der Waals surface area contributed by atoms with Crippen molar-refractivity contribution in [2.24, 2.45) is 0 Å². The van der Waals surface area contributed by atoms with Crippen LogP contribution < -0.4 is 0 Å². The molecule has 0 aliphatic carbocycles. The van der Waals surface area contributed by atoms with Crippen LogP contribution in [0.1, 0.15) is 11.1 Å². The van der Waals surface area contributed by atoms with E-state index in [2.05, 4.69) is 0 Å². The Kier molecular flexibility index (Phi) is 4.11. The molecule has 1 rings (SSSR count). The summed E-state index contributed by atoms with van der Waals surface area (Å²) in [7, 11) is 5.15. The number of hydrogen-bond donors (Lipinski definition) is 0. The zero-order valence-electron chi connectivity index (χ0n) is 10.2. The van der Waals surface area contributed by atoms with E-state index in [4.69, 9.17) is 4.74 Å². The average Bonchev–Trinajstić information content (AvgIpc) is 2.26. The Hall–Kier alpha value is -1.77. The highest BCUT2D eigenvalue weighted by molar-refractivity contribution is 6.16. The number of carbonyl (C=O) groups is 1.